The first-order valence-electron chi connectivity index (χ1n) is 46.1. The SMILES string of the molecule is CC(C)(C)c1ccc2c(c1)c1ccc[c-]c1c1nc3nccnc3n21.CC(C)(C)c1ccc2c(c1)c1ccc[c-]c1c1nccn21.CC(C)c1ccc(-c2ccc3c(c2)c2ccc[c-]c2c2nccn32)cc1.CC(C)c1ccc(-c2cccc3c4ccc[c-]c4c4nccn4c23)cc1.Cc1cc2c3ccc[c-]c3c3nccn3c2cc1C.Cc1ccc2c(c1)c1ccc[c-]c1c1nccn21.[Ir].[Ir].[Ir].[Ir].[Ir].[Ir]. The van der Waals surface area contributed by atoms with Gasteiger partial charge < -0.3 is 26.4 Å². The molecule has 27 rings (SSSR count). The zero-order valence-corrected chi connectivity index (χ0v) is 94.0. The second kappa shape index (κ2) is 41.6. The van der Waals surface area contributed by atoms with Crippen molar-refractivity contribution in [3.05, 3.63) is 411 Å². The molecule has 14 nitrogen and oxygen atoms in total. The smallest absolute Gasteiger partial charge is 0.188 e. The van der Waals surface area contributed by atoms with Gasteiger partial charge in [-0.3, -0.25) is 29.9 Å². The van der Waals surface area contributed by atoms with E-state index in [1.165, 1.54) is 148 Å². The number of rotatable bonds is 4. The second-order valence-corrected chi connectivity index (χ2v) is 37.8. The molecule has 0 N–H and O–H groups in total. The summed E-state index contributed by atoms with van der Waals surface area (Å²) in [5.41, 5.74) is 28.7. The summed E-state index contributed by atoms with van der Waals surface area (Å²) in [6.45, 7) is 28.8. The summed E-state index contributed by atoms with van der Waals surface area (Å²) in [6, 6.07) is 112. The minimum Gasteiger partial charge on any atom is -0.340 e. The summed E-state index contributed by atoms with van der Waals surface area (Å²) in [7, 11) is 0. The van der Waals surface area contributed by atoms with Gasteiger partial charge >= 0.3 is 0 Å². The van der Waals surface area contributed by atoms with Crippen LogP contribution in [0.25, 0.3) is 197 Å². The van der Waals surface area contributed by atoms with E-state index in [1.807, 2.05) is 135 Å². The summed E-state index contributed by atoms with van der Waals surface area (Å²) in [5, 5.41) is 21.0. The van der Waals surface area contributed by atoms with Crippen molar-refractivity contribution in [2.24, 2.45) is 0 Å². The van der Waals surface area contributed by atoms with Crippen molar-refractivity contribution in [2.45, 2.75) is 113 Å². The van der Waals surface area contributed by atoms with Gasteiger partial charge in [0.1, 0.15) is 0 Å². The number of imidazole rings is 6. The van der Waals surface area contributed by atoms with Crippen molar-refractivity contribution in [1.82, 2.24) is 66.3 Å². The Morgan fingerprint density at radius 3 is 1.04 bits per heavy atom. The molecule has 0 atom stereocenters. The number of fused-ring (bicyclic) bond motifs is 38. The van der Waals surface area contributed by atoms with Gasteiger partial charge in [-0.15, -0.1) is 178 Å². The van der Waals surface area contributed by atoms with Crippen LogP contribution >= 0.6 is 0 Å². The van der Waals surface area contributed by atoms with Gasteiger partial charge in [0.15, 0.2) is 11.3 Å². The first kappa shape index (κ1) is 102. The third-order valence-electron chi connectivity index (χ3n) is 26.6. The molecule has 14 aromatic carbocycles. The number of aromatic nitrogens is 14. The molecule has 0 fully saturated rings. The Labute approximate surface area is 898 Å². The molecule has 6 radical (unpaired) electrons. The summed E-state index contributed by atoms with van der Waals surface area (Å²) in [6.07, 6.45) is 22.8. The maximum absolute atomic E-state index is 4.72. The van der Waals surface area contributed by atoms with Crippen molar-refractivity contribution in [1.29, 1.82) is 0 Å². The van der Waals surface area contributed by atoms with Gasteiger partial charge in [-0.1, -0.05) is 228 Å². The molecule has 0 aliphatic heterocycles. The molecule has 0 spiro atoms. The van der Waals surface area contributed by atoms with Crippen LogP contribution in [0.1, 0.15) is 120 Å². The fourth-order valence-electron chi connectivity index (χ4n) is 19.3. The Hall–Kier alpha value is -12.4. The van der Waals surface area contributed by atoms with Crippen LogP contribution in [0.2, 0.25) is 0 Å². The molecule has 13 aromatic heterocycles. The van der Waals surface area contributed by atoms with E-state index < -0.39 is 0 Å². The van der Waals surface area contributed by atoms with E-state index in [-0.39, 0.29) is 131 Å². The standard InChI is InChI=1S/2C24H19N2.C21H17N4.C19H17N2.C17H13N2.C16H11N2.6Ir/c1-16(2)17-10-12-18(13-11-17)19-8-5-9-21-20-6-3-4-7-22(20)24-25-14-15-26(24)23(19)21;1-16(2)17-7-9-18(10-8-17)19-11-12-23-22(15-19)20-5-3-4-6-21(20)24-25-13-14-26(23)24;1-21(2,3)13-8-9-17-16(12-13)14-6-4-5-7-15(14)19-24-18-20(25(17)19)23-11-10-22-18;1-19(2,3)13-8-9-17-16(12-13)14-6-4-5-7-15(14)18-20-10-11-21(17)18;1-11-9-15-13-5-3-4-6-14(13)17-18-7-8-19(17)16(15)10-12(11)2;1-11-6-7-15-14(10-11)12-4-2-3-5-13(12)16-17-8-9-18(15)16;;;;;;/h3-6,8-16H,1-2H3;3-5,7-16H,1-2H3;4-6,8-12H,1-3H3;4-6,8-12H,1-3H3;3-5,7-10H,1-2H3;2-4,6-10H,1H3;;;;;;/q6*-1;;;;;;. The molecule has 0 bridgehead atoms. The molecule has 141 heavy (non-hydrogen) atoms. The van der Waals surface area contributed by atoms with Crippen molar-refractivity contribution >= 4 is 175 Å². The van der Waals surface area contributed by atoms with Crippen molar-refractivity contribution in [2.75, 3.05) is 0 Å². The van der Waals surface area contributed by atoms with Crippen molar-refractivity contribution in [3.63, 3.8) is 0 Å². The first-order valence-corrected chi connectivity index (χ1v) is 46.1. The Bertz CT molecular complexity index is 9320. The van der Waals surface area contributed by atoms with Gasteiger partial charge in [-0.05, 0) is 156 Å². The van der Waals surface area contributed by atoms with Crippen LogP contribution < -0.4 is 0 Å². The maximum Gasteiger partial charge on any atom is 0.188 e. The van der Waals surface area contributed by atoms with Crippen LogP contribution in [0.3, 0.4) is 0 Å². The molecule has 0 amide bonds. The molecule has 710 valence electrons. The minimum atomic E-state index is 0. The van der Waals surface area contributed by atoms with E-state index in [2.05, 4.69) is 376 Å². The molecule has 0 saturated heterocycles. The Kier molecular flexibility index (Phi) is 30.0. The average Bonchev–Trinajstić information content (AvgIpc) is 1.58. The summed E-state index contributed by atoms with van der Waals surface area (Å²) < 4.78 is 12.9. The topological polar surface area (TPSA) is 130 Å². The number of hydrogen-bond donors (Lipinski definition) is 0. The molecule has 20 heteroatoms. The first-order chi connectivity index (χ1) is 65.6. The second-order valence-electron chi connectivity index (χ2n) is 37.8. The van der Waals surface area contributed by atoms with Crippen LogP contribution in [0.4, 0.5) is 0 Å². The predicted molar refractivity (Wildman–Crippen MR) is 558 cm³/mol. The molecule has 0 unspecified atom stereocenters. The van der Waals surface area contributed by atoms with Crippen molar-refractivity contribution < 1.29 is 121 Å². The Morgan fingerprint density at radius 2 is 0.596 bits per heavy atom. The van der Waals surface area contributed by atoms with E-state index in [4.69, 9.17) is 4.98 Å². The normalized spacial score (nSPS) is 11.5. The van der Waals surface area contributed by atoms with E-state index in [0.29, 0.717) is 17.5 Å². The third kappa shape index (κ3) is 18.6. The Balaban J connectivity index is 0.000000121. The van der Waals surface area contributed by atoms with E-state index in [1.54, 1.807) is 12.4 Å². The number of aryl methyl sites for hydroxylation is 3. The third-order valence-corrected chi connectivity index (χ3v) is 26.6. The number of benzene rings is 14. The molecule has 13 heterocycles. The maximum atomic E-state index is 4.72. The average molecular weight is 2900 g/mol. The van der Waals surface area contributed by atoms with Gasteiger partial charge in [0, 0.05) is 234 Å². The summed E-state index contributed by atoms with van der Waals surface area (Å²) >= 11 is 0. The van der Waals surface area contributed by atoms with Crippen LogP contribution in [0.15, 0.2) is 335 Å². The zero-order valence-electron chi connectivity index (χ0n) is 79.7. The van der Waals surface area contributed by atoms with Gasteiger partial charge in [-0.25, -0.2) is 9.97 Å². The molecular weight excluding hydrogens is 2800 g/mol. The van der Waals surface area contributed by atoms with Crippen LogP contribution in [0, 0.1) is 57.2 Å². The predicted octanol–water partition coefficient (Wildman–Crippen LogP) is 29.7. The van der Waals surface area contributed by atoms with Gasteiger partial charge in [-0.2, -0.15) is 0 Å². The van der Waals surface area contributed by atoms with Gasteiger partial charge in [0.05, 0.1) is 33.9 Å². The molecule has 27 aromatic rings. The monoisotopic (exact) mass is 2900 g/mol. The van der Waals surface area contributed by atoms with Crippen LogP contribution in [-0.4, -0.2) is 66.3 Å². The molecule has 0 aliphatic carbocycles. The zero-order chi connectivity index (χ0) is 92.2. The van der Waals surface area contributed by atoms with E-state index in [0.717, 1.165) is 82.8 Å². The minimum absolute atomic E-state index is 0. The number of hydrogen-bond acceptors (Lipinski definition) is 8. The van der Waals surface area contributed by atoms with Gasteiger partial charge in [0.25, 0.3) is 0 Å². The van der Waals surface area contributed by atoms with Crippen molar-refractivity contribution in [3.8, 4) is 22.3 Å². The van der Waals surface area contributed by atoms with E-state index >= 15 is 0 Å². The number of pyridine rings is 6. The molecule has 0 aliphatic rings. The number of para-hydroxylation sites is 1. The fourth-order valence-corrected chi connectivity index (χ4v) is 19.3. The fraction of sp³-hybridized carbons (Fsp3) is 0.140. The number of nitrogens with zero attached hydrogens (tertiary/aromatic N) is 14. The van der Waals surface area contributed by atoms with Crippen LogP contribution in [0.5, 0.6) is 0 Å². The summed E-state index contributed by atoms with van der Waals surface area (Å²) in [4.78, 5) is 36.2. The molecular formula is C121H96Ir6N14-6. The quantitative estimate of drug-likeness (QED) is 0.126. The largest absolute Gasteiger partial charge is 0.340 e. The van der Waals surface area contributed by atoms with Gasteiger partial charge in [0.2, 0.25) is 0 Å². The van der Waals surface area contributed by atoms with Crippen LogP contribution in [-0.2, 0) is 131 Å². The van der Waals surface area contributed by atoms with E-state index in [9.17, 15) is 0 Å². The summed E-state index contributed by atoms with van der Waals surface area (Å²) in [5.74, 6) is 1.09. The Morgan fingerprint density at radius 1 is 0.262 bits per heavy atom. The molecule has 0 saturated carbocycles.